The average Bonchev–Trinajstić information content (AvgIpc) is 2.27. The third-order valence-electron chi connectivity index (χ3n) is 3.02. The number of aryl methyl sites for hydroxylation is 1. The Bertz CT molecular complexity index is 480. The predicted molar refractivity (Wildman–Crippen MR) is 71.9 cm³/mol. The maximum atomic E-state index is 2.34. The Morgan fingerprint density at radius 1 is 0.875 bits per heavy atom. The summed E-state index contributed by atoms with van der Waals surface area (Å²) in [7, 11) is 0. The lowest BCUT2D eigenvalue weighted by molar-refractivity contribution is 0.648. The highest BCUT2D eigenvalue weighted by molar-refractivity contribution is 5.83. The fourth-order valence-electron chi connectivity index (χ4n) is 2.16. The minimum atomic E-state index is 0.729. The first-order valence-electron chi connectivity index (χ1n) is 6.20. The van der Waals surface area contributed by atoms with Crippen LogP contribution in [0.25, 0.3) is 10.8 Å². The molecular formula is C16H20. The van der Waals surface area contributed by atoms with E-state index in [9.17, 15) is 0 Å². The van der Waals surface area contributed by atoms with Gasteiger partial charge >= 0.3 is 0 Å². The van der Waals surface area contributed by atoms with Crippen molar-refractivity contribution >= 4 is 10.8 Å². The van der Waals surface area contributed by atoms with Gasteiger partial charge in [-0.15, -0.1) is 0 Å². The van der Waals surface area contributed by atoms with Gasteiger partial charge in [-0.05, 0) is 40.7 Å². The molecule has 16 heavy (non-hydrogen) atoms. The number of rotatable bonds is 3. The van der Waals surface area contributed by atoms with Gasteiger partial charge in [0.2, 0.25) is 0 Å². The van der Waals surface area contributed by atoms with Crippen LogP contribution in [0.2, 0.25) is 0 Å². The molecule has 0 atom stereocenters. The van der Waals surface area contributed by atoms with Crippen molar-refractivity contribution in [3.8, 4) is 0 Å². The Kier molecular flexibility index (Phi) is 3.28. The number of fused-ring (bicyclic) bond motifs is 1. The quantitative estimate of drug-likeness (QED) is 0.697. The van der Waals surface area contributed by atoms with Crippen LogP contribution in [0, 0.1) is 5.92 Å². The zero-order chi connectivity index (χ0) is 11.5. The first kappa shape index (κ1) is 11.2. The van der Waals surface area contributed by atoms with E-state index in [4.69, 9.17) is 0 Å². The summed E-state index contributed by atoms with van der Waals surface area (Å²) in [4.78, 5) is 0. The summed E-state index contributed by atoms with van der Waals surface area (Å²) in [5, 5.41) is 2.74. The van der Waals surface area contributed by atoms with E-state index < -0.39 is 0 Å². The van der Waals surface area contributed by atoms with Gasteiger partial charge in [-0.3, -0.25) is 0 Å². The summed E-state index contributed by atoms with van der Waals surface area (Å²) >= 11 is 0. The Morgan fingerprint density at radius 3 is 2.12 bits per heavy atom. The Balaban J connectivity index is 2.42. The third-order valence-corrected chi connectivity index (χ3v) is 3.02. The normalized spacial score (nSPS) is 11.2. The van der Waals surface area contributed by atoms with E-state index in [0.29, 0.717) is 0 Å². The second kappa shape index (κ2) is 4.69. The predicted octanol–water partition coefficient (Wildman–Crippen LogP) is 4.60. The molecule has 0 nitrogen and oxygen atoms in total. The van der Waals surface area contributed by atoms with Gasteiger partial charge in [0.1, 0.15) is 0 Å². The van der Waals surface area contributed by atoms with Gasteiger partial charge in [0.25, 0.3) is 0 Å². The van der Waals surface area contributed by atoms with Crippen LogP contribution in [0.3, 0.4) is 0 Å². The van der Waals surface area contributed by atoms with Crippen LogP contribution in [0.15, 0.2) is 36.4 Å². The SMILES string of the molecule is CCc1ccc2ccc(CC(C)C)cc2c1. The molecule has 0 bridgehead atoms. The van der Waals surface area contributed by atoms with Gasteiger partial charge < -0.3 is 0 Å². The lowest BCUT2D eigenvalue weighted by Crippen LogP contribution is -1.93. The van der Waals surface area contributed by atoms with Crippen molar-refractivity contribution in [2.24, 2.45) is 5.92 Å². The van der Waals surface area contributed by atoms with E-state index in [1.165, 1.54) is 28.3 Å². The van der Waals surface area contributed by atoms with Gasteiger partial charge in [-0.25, -0.2) is 0 Å². The van der Waals surface area contributed by atoms with Crippen molar-refractivity contribution in [3.63, 3.8) is 0 Å². The molecule has 0 spiro atoms. The number of hydrogen-bond acceptors (Lipinski definition) is 0. The molecule has 84 valence electrons. The maximum absolute atomic E-state index is 2.34. The molecule has 0 saturated heterocycles. The third kappa shape index (κ3) is 2.44. The molecule has 0 heterocycles. The van der Waals surface area contributed by atoms with Crippen molar-refractivity contribution in [2.75, 3.05) is 0 Å². The summed E-state index contributed by atoms with van der Waals surface area (Å²) in [6.45, 7) is 6.75. The minimum absolute atomic E-state index is 0.729. The van der Waals surface area contributed by atoms with Gasteiger partial charge in [-0.1, -0.05) is 57.2 Å². The number of hydrogen-bond donors (Lipinski definition) is 0. The van der Waals surface area contributed by atoms with Gasteiger partial charge in [0, 0.05) is 0 Å². The van der Waals surface area contributed by atoms with Crippen molar-refractivity contribution in [2.45, 2.75) is 33.6 Å². The summed E-state index contributed by atoms with van der Waals surface area (Å²) in [6, 6.07) is 13.6. The lowest BCUT2D eigenvalue weighted by atomic mass is 9.98. The van der Waals surface area contributed by atoms with Crippen molar-refractivity contribution in [1.29, 1.82) is 0 Å². The highest BCUT2D eigenvalue weighted by Crippen LogP contribution is 2.20. The van der Waals surface area contributed by atoms with Crippen molar-refractivity contribution in [3.05, 3.63) is 47.5 Å². The van der Waals surface area contributed by atoms with Crippen LogP contribution in [-0.2, 0) is 12.8 Å². The van der Waals surface area contributed by atoms with E-state index in [0.717, 1.165) is 12.3 Å². The fraction of sp³-hybridized carbons (Fsp3) is 0.375. The van der Waals surface area contributed by atoms with Crippen molar-refractivity contribution < 1.29 is 0 Å². The van der Waals surface area contributed by atoms with E-state index >= 15 is 0 Å². The molecule has 0 aliphatic heterocycles. The topological polar surface area (TPSA) is 0 Å². The number of benzene rings is 2. The van der Waals surface area contributed by atoms with Crippen LogP contribution >= 0.6 is 0 Å². The standard InChI is InChI=1S/C16H20/c1-4-13-5-7-15-8-6-14(9-12(2)3)11-16(15)10-13/h5-8,10-12H,4,9H2,1-3H3. The zero-order valence-corrected chi connectivity index (χ0v) is 10.5. The van der Waals surface area contributed by atoms with E-state index in [-0.39, 0.29) is 0 Å². The maximum Gasteiger partial charge on any atom is -0.0179 e. The van der Waals surface area contributed by atoms with E-state index in [1.54, 1.807) is 0 Å². The minimum Gasteiger partial charge on any atom is -0.0625 e. The molecule has 0 aromatic heterocycles. The zero-order valence-electron chi connectivity index (χ0n) is 10.5. The molecule has 0 aliphatic rings. The van der Waals surface area contributed by atoms with E-state index in [2.05, 4.69) is 57.2 Å². The second-order valence-electron chi connectivity index (χ2n) is 4.97. The Morgan fingerprint density at radius 2 is 1.50 bits per heavy atom. The first-order chi connectivity index (χ1) is 7.69. The first-order valence-corrected chi connectivity index (χ1v) is 6.20. The fourth-order valence-corrected chi connectivity index (χ4v) is 2.16. The second-order valence-corrected chi connectivity index (χ2v) is 4.97. The smallest absolute Gasteiger partial charge is 0.0179 e. The van der Waals surface area contributed by atoms with Gasteiger partial charge in [-0.2, -0.15) is 0 Å². The molecule has 2 aromatic carbocycles. The monoisotopic (exact) mass is 212 g/mol. The van der Waals surface area contributed by atoms with Gasteiger partial charge in [0.05, 0.1) is 0 Å². The molecule has 0 saturated carbocycles. The Hall–Kier alpha value is -1.30. The summed E-state index contributed by atoms with van der Waals surface area (Å²) < 4.78 is 0. The highest BCUT2D eigenvalue weighted by Gasteiger charge is 2.00. The van der Waals surface area contributed by atoms with Crippen molar-refractivity contribution in [1.82, 2.24) is 0 Å². The molecule has 0 unspecified atom stereocenters. The van der Waals surface area contributed by atoms with Crippen LogP contribution in [-0.4, -0.2) is 0 Å². The largest absolute Gasteiger partial charge is 0.0625 e. The summed E-state index contributed by atoms with van der Waals surface area (Å²) in [5.41, 5.74) is 2.88. The lowest BCUT2D eigenvalue weighted by Gasteiger charge is -2.07. The van der Waals surface area contributed by atoms with Crippen LogP contribution in [0.1, 0.15) is 31.9 Å². The molecule has 0 heteroatoms. The highest BCUT2D eigenvalue weighted by atomic mass is 14.1. The van der Waals surface area contributed by atoms with Crippen LogP contribution < -0.4 is 0 Å². The molecule has 2 aromatic rings. The molecule has 0 radical (unpaired) electrons. The van der Waals surface area contributed by atoms with E-state index in [1.807, 2.05) is 0 Å². The summed E-state index contributed by atoms with van der Waals surface area (Å²) in [6.07, 6.45) is 2.29. The molecular weight excluding hydrogens is 192 g/mol. The summed E-state index contributed by atoms with van der Waals surface area (Å²) in [5.74, 6) is 0.729. The van der Waals surface area contributed by atoms with Crippen LogP contribution in [0.4, 0.5) is 0 Å². The average molecular weight is 212 g/mol. The molecule has 0 N–H and O–H groups in total. The molecule has 0 amide bonds. The van der Waals surface area contributed by atoms with Gasteiger partial charge in [0.15, 0.2) is 0 Å². The molecule has 0 aliphatic carbocycles. The molecule has 2 rings (SSSR count). The van der Waals surface area contributed by atoms with Crippen LogP contribution in [0.5, 0.6) is 0 Å². The molecule has 0 fully saturated rings. The Labute approximate surface area is 98.3 Å².